The molecule has 0 spiro atoms. The van der Waals surface area contributed by atoms with Gasteiger partial charge in [-0.05, 0) is 74.2 Å². The molecule has 4 heteroatoms. The van der Waals surface area contributed by atoms with Crippen LogP contribution in [0.2, 0.25) is 0 Å². The maximum atomic E-state index is 6.23. The summed E-state index contributed by atoms with van der Waals surface area (Å²) >= 11 is 6.23. The third-order valence-corrected chi connectivity index (χ3v) is 7.20. The van der Waals surface area contributed by atoms with Gasteiger partial charge < -0.3 is 15.5 Å². The van der Waals surface area contributed by atoms with E-state index in [9.17, 15) is 0 Å². The number of alkyl halides is 1. The lowest BCUT2D eigenvalue weighted by molar-refractivity contribution is 0.0628. The lowest BCUT2D eigenvalue weighted by Gasteiger charge is -2.46. The van der Waals surface area contributed by atoms with Crippen LogP contribution in [0.25, 0.3) is 0 Å². The van der Waals surface area contributed by atoms with Gasteiger partial charge in [0.15, 0.2) is 0 Å². The summed E-state index contributed by atoms with van der Waals surface area (Å²) in [6, 6.07) is 0.587. The van der Waals surface area contributed by atoms with Crippen molar-refractivity contribution in [1.82, 2.24) is 15.5 Å². The third-order valence-electron chi connectivity index (χ3n) is 6.88. The molecule has 0 aromatic heterocycles. The predicted octanol–water partition coefficient (Wildman–Crippen LogP) is 4.05. The molecular weight excluding hydrogens is 354 g/mol. The molecule has 0 bridgehead atoms. The average molecular weight is 394 g/mol. The molecule has 154 valence electrons. The molecule has 2 fully saturated rings. The average Bonchev–Trinajstić information content (AvgIpc) is 3.12. The molecule has 0 amide bonds. The van der Waals surface area contributed by atoms with E-state index in [1.807, 2.05) is 0 Å². The maximum Gasteiger partial charge on any atom is 0.0553 e. The molecule has 2 N–H and O–H groups in total. The quantitative estimate of drug-likeness (QED) is 0.639. The Hall–Kier alpha value is -0.350. The summed E-state index contributed by atoms with van der Waals surface area (Å²) < 4.78 is 0. The van der Waals surface area contributed by atoms with Gasteiger partial charge in [0, 0.05) is 19.1 Å². The van der Waals surface area contributed by atoms with Crippen LogP contribution in [-0.2, 0) is 0 Å². The van der Waals surface area contributed by atoms with Crippen molar-refractivity contribution in [2.75, 3.05) is 39.3 Å². The van der Waals surface area contributed by atoms with Gasteiger partial charge in [-0.3, -0.25) is 0 Å². The van der Waals surface area contributed by atoms with Crippen molar-refractivity contribution in [2.24, 2.45) is 23.2 Å². The number of nitrogens with zero attached hydrogens (tertiary/aromatic N) is 1. The van der Waals surface area contributed by atoms with Crippen LogP contribution in [0.5, 0.6) is 0 Å². The number of hydrogen-bond acceptors (Lipinski definition) is 3. The van der Waals surface area contributed by atoms with Crippen LogP contribution in [0.1, 0.15) is 47.0 Å². The second-order valence-electron chi connectivity index (χ2n) is 10.00. The van der Waals surface area contributed by atoms with Crippen LogP contribution in [0, 0.1) is 23.2 Å². The standard InChI is InChI=1S/C23H40ClN3/c1-17(2)22(26-14-18-9-11-25-13-18)15-27-12-10-21(23(3,4)16-27)19-5-7-20(24)8-6-19/h5-7,17-18,20-22,25-26H,8-16H2,1-4H3/t18-,20?,21?,22+/m1/s1. The first-order valence-corrected chi connectivity index (χ1v) is 11.5. The Kier molecular flexibility index (Phi) is 7.46. The van der Waals surface area contributed by atoms with Crippen LogP contribution in [0.15, 0.2) is 23.8 Å². The Bertz CT molecular complexity index is 534. The van der Waals surface area contributed by atoms with E-state index in [0.717, 1.165) is 18.9 Å². The monoisotopic (exact) mass is 393 g/mol. The van der Waals surface area contributed by atoms with E-state index in [1.165, 1.54) is 51.1 Å². The second kappa shape index (κ2) is 9.43. The van der Waals surface area contributed by atoms with Crippen molar-refractivity contribution in [3.8, 4) is 0 Å². The van der Waals surface area contributed by atoms with E-state index in [0.29, 0.717) is 23.3 Å². The SMILES string of the molecule is CC(C)[C@H](CN1CCC(C2=CCC(Cl)C=C2)C(C)(C)C1)NC[C@@H]1CCNC1. The van der Waals surface area contributed by atoms with Crippen LogP contribution in [0.3, 0.4) is 0 Å². The number of nitrogens with one attached hydrogen (secondary N) is 2. The highest BCUT2D eigenvalue weighted by molar-refractivity contribution is 6.22. The lowest BCUT2D eigenvalue weighted by atomic mass is 9.69. The smallest absolute Gasteiger partial charge is 0.0553 e. The van der Waals surface area contributed by atoms with Gasteiger partial charge in [0.1, 0.15) is 0 Å². The lowest BCUT2D eigenvalue weighted by Crippen LogP contribution is -2.52. The number of rotatable bonds is 7. The van der Waals surface area contributed by atoms with Gasteiger partial charge in [-0.1, -0.05) is 45.9 Å². The number of allylic oxidation sites excluding steroid dienone is 4. The summed E-state index contributed by atoms with van der Waals surface area (Å²) in [7, 11) is 0. The molecule has 3 aliphatic rings. The number of piperidine rings is 1. The molecular formula is C23H40ClN3. The Morgan fingerprint density at radius 3 is 2.74 bits per heavy atom. The fraction of sp³-hybridized carbons (Fsp3) is 0.826. The molecule has 4 atom stereocenters. The normalized spacial score (nSPS) is 32.7. The van der Waals surface area contributed by atoms with Crippen molar-refractivity contribution in [1.29, 1.82) is 0 Å². The van der Waals surface area contributed by atoms with Crippen LogP contribution in [0.4, 0.5) is 0 Å². The van der Waals surface area contributed by atoms with Gasteiger partial charge >= 0.3 is 0 Å². The van der Waals surface area contributed by atoms with Crippen molar-refractivity contribution >= 4 is 11.6 Å². The molecule has 0 aromatic rings. The van der Waals surface area contributed by atoms with Gasteiger partial charge in [0.2, 0.25) is 0 Å². The second-order valence-corrected chi connectivity index (χ2v) is 10.6. The van der Waals surface area contributed by atoms with E-state index in [2.05, 4.69) is 61.5 Å². The first kappa shape index (κ1) is 21.4. The summed E-state index contributed by atoms with van der Waals surface area (Å²) in [6.07, 6.45) is 10.4. The Morgan fingerprint density at radius 1 is 1.33 bits per heavy atom. The zero-order valence-electron chi connectivity index (χ0n) is 17.8. The molecule has 3 nitrogen and oxygen atoms in total. The Balaban J connectivity index is 1.54. The molecule has 27 heavy (non-hydrogen) atoms. The molecule has 2 heterocycles. The van der Waals surface area contributed by atoms with Crippen molar-refractivity contribution < 1.29 is 0 Å². The van der Waals surface area contributed by atoms with Crippen molar-refractivity contribution in [3.63, 3.8) is 0 Å². The minimum atomic E-state index is 0.185. The van der Waals surface area contributed by atoms with Gasteiger partial charge in [-0.15, -0.1) is 11.6 Å². The zero-order valence-corrected chi connectivity index (χ0v) is 18.6. The van der Waals surface area contributed by atoms with Crippen LogP contribution >= 0.6 is 11.6 Å². The number of likely N-dealkylation sites (tertiary alicyclic amines) is 1. The van der Waals surface area contributed by atoms with Gasteiger partial charge in [-0.25, -0.2) is 0 Å². The highest BCUT2D eigenvalue weighted by atomic mass is 35.5. The summed E-state index contributed by atoms with van der Waals surface area (Å²) in [5.74, 6) is 2.14. The maximum absolute atomic E-state index is 6.23. The summed E-state index contributed by atoms with van der Waals surface area (Å²) in [5.41, 5.74) is 1.83. The molecule has 1 aliphatic carbocycles. The van der Waals surface area contributed by atoms with E-state index in [-0.39, 0.29) is 5.38 Å². The highest BCUT2D eigenvalue weighted by Gasteiger charge is 2.38. The minimum Gasteiger partial charge on any atom is -0.316 e. The summed E-state index contributed by atoms with van der Waals surface area (Å²) in [4.78, 5) is 2.71. The largest absolute Gasteiger partial charge is 0.316 e. The van der Waals surface area contributed by atoms with Crippen LogP contribution < -0.4 is 10.6 Å². The fourth-order valence-electron chi connectivity index (χ4n) is 5.11. The van der Waals surface area contributed by atoms with Crippen molar-refractivity contribution in [3.05, 3.63) is 23.8 Å². The fourth-order valence-corrected chi connectivity index (χ4v) is 5.27. The Morgan fingerprint density at radius 2 is 2.15 bits per heavy atom. The van der Waals surface area contributed by atoms with Gasteiger partial charge in [0.25, 0.3) is 0 Å². The van der Waals surface area contributed by atoms with Gasteiger partial charge in [0.05, 0.1) is 5.38 Å². The highest BCUT2D eigenvalue weighted by Crippen LogP contribution is 2.41. The first-order chi connectivity index (χ1) is 12.8. The van der Waals surface area contributed by atoms with E-state index in [4.69, 9.17) is 11.6 Å². The molecule has 0 saturated carbocycles. The molecule has 0 radical (unpaired) electrons. The molecule has 2 aliphatic heterocycles. The summed E-state index contributed by atoms with van der Waals surface area (Å²) in [5, 5.41) is 7.57. The first-order valence-electron chi connectivity index (χ1n) is 11.0. The van der Waals surface area contributed by atoms with E-state index >= 15 is 0 Å². The van der Waals surface area contributed by atoms with Crippen LogP contribution in [-0.4, -0.2) is 55.6 Å². The summed E-state index contributed by atoms with van der Waals surface area (Å²) in [6.45, 7) is 16.7. The third kappa shape index (κ3) is 5.82. The van der Waals surface area contributed by atoms with E-state index < -0.39 is 0 Å². The zero-order chi connectivity index (χ0) is 19.4. The van der Waals surface area contributed by atoms with Crippen molar-refractivity contribution in [2.45, 2.75) is 58.4 Å². The van der Waals surface area contributed by atoms with Gasteiger partial charge in [-0.2, -0.15) is 0 Å². The predicted molar refractivity (Wildman–Crippen MR) is 117 cm³/mol. The topological polar surface area (TPSA) is 27.3 Å². The molecule has 2 unspecified atom stereocenters. The van der Waals surface area contributed by atoms with E-state index in [1.54, 1.807) is 0 Å². The number of halogens is 1. The molecule has 0 aromatic carbocycles. The Labute approximate surface area is 172 Å². The number of hydrogen-bond donors (Lipinski definition) is 2. The molecule has 2 saturated heterocycles. The minimum absolute atomic E-state index is 0.185. The molecule has 3 rings (SSSR count).